The van der Waals surface area contributed by atoms with Crippen molar-refractivity contribution in [1.82, 2.24) is 4.31 Å². The predicted molar refractivity (Wildman–Crippen MR) is 78.0 cm³/mol. The molecule has 2 rings (SSSR count). The Hall–Kier alpha value is -0.820. The van der Waals surface area contributed by atoms with Gasteiger partial charge < -0.3 is 10.6 Å². The van der Waals surface area contributed by atoms with Crippen molar-refractivity contribution < 1.29 is 8.42 Å². The van der Waals surface area contributed by atoms with Crippen molar-refractivity contribution in [1.29, 1.82) is 0 Å². The number of rotatable bonds is 3. The summed E-state index contributed by atoms with van der Waals surface area (Å²) in [6.45, 7) is 2.77. The quantitative estimate of drug-likeness (QED) is 0.900. The summed E-state index contributed by atoms with van der Waals surface area (Å²) in [5.74, 6) is 0. The highest BCUT2D eigenvalue weighted by atomic mass is 35.5. The van der Waals surface area contributed by atoms with Gasteiger partial charge in [0.2, 0.25) is 10.0 Å². The van der Waals surface area contributed by atoms with E-state index < -0.39 is 10.0 Å². The van der Waals surface area contributed by atoms with E-state index in [1.54, 1.807) is 0 Å². The smallest absolute Gasteiger partial charge is 0.211 e. The van der Waals surface area contributed by atoms with Gasteiger partial charge in [-0.2, -0.15) is 4.31 Å². The number of sulfonamides is 1. The average molecular weight is 304 g/mol. The molecule has 0 radical (unpaired) electrons. The minimum absolute atomic E-state index is 0.419. The fourth-order valence-corrected chi connectivity index (χ4v) is 3.31. The lowest BCUT2D eigenvalue weighted by atomic mass is 10.1. The van der Waals surface area contributed by atoms with E-state index in [1.165, 1.54) is 10.6 Å². The van der Waals surface area contributed by atoms with Gasteiger partial charge in [0, 0.05) is 43.4 Å². The van der Waals surface area contributed by atoms with Crippen LogP contribution in [0.2, 0.25) is 5.02 Å². The van der Waals surface area contributed by atoms with Crippen LogP contribution in [0.15, 0.2) is 18.2 Å². The fraction of sp³-hybridized carbons (Fsp3) is 0.500. The van der Waals surface area contributed by atoms with Crippen LogP contribution in [-0.2, 0) is 16.6 Å². The third-order valence-corrected chi connectivity index (χ3v) is 4.85. The first-order chi connectivity index (χ1) is 8.91. The van der Waals surface area contributed by atoms with Crippen molar-refractivity contribution in [3.63, 3.8) is 0 Å². The molecule has 0 aliphatic carbocycles. The second kappa shape index (κ2) is 5.66. The van der Waals surface area contributed by atoms with Gasteiger partial charge >= 0.3 is 0 Å². The van der Waals surface area contributed by atoms with Crippen LogP contribution in [0.3, 0.4) is 0 Å². The molecular formula is C12H18ClN3O2S. The van der Waals surface area contributed by atoms with Crippen LogP contribution in [0.1, 0.15) is 5.56 Å². The number of hydrogen-bond donors (Lipinski definition) is 1. The molecule has 2 N–H and O–H groups in total. The number of halogens is 1. The Kier molecular flexibility index (Phi) is 4.35. The van der Waals surface area contributed by atoms with Gasteiger partial charge in [-0.15, -0.1) is 0 Å². The van der Waals surface area contributed by atoms with E-state index in [0.717, 1.165) is 11.3 Å². The van der Waals surface area contributed by atoms with Crippen LogP contribution in [0, 0.1) is 0 Å². The fourth-order valence-electron chi connectivity index (χ4n) is 2.29. The van der Waals surface area contributed by atoms with Crippen LogP contribution in [-0.4, -0.2) is 45.2 Å². The molecule has 1 aromatic rings. The molecule has 0 atom stereocenters. The van der Waals surface area contributed by atoms with E-state index in [-0.39, 0.29) is 0 Å². The first kappa shape index (κ1) is 14.6. The zero-order valence-electron chi connectivity index (χ0n) is 10.8. The topological polar surface area (TPSA) is 66.6 Å². The van der Waals surface area contributed by atoms with Gasteiger partial charge in [0.05, 0.1) is 6.26 Å². The van der Waals surface area contributed by atoms with Gasteiger partial charge in [0.25, 0.3) is 0 Å². The van der Waals surface area contributed by atoms with E-state index in [0.29, 0.717) is 37.7 Å². The molecular weight excluding hydrogens is 286 g/mol. The zero-order valence-corrected chi connectivity index (χ0v) is 12.4. The van der Waals surface area contributed by atoms with E-state index in [9.17, 15) is 8.42 Å². The molecule has 1 heterocycles. The first-order valence-electron chi connectivity index (χ1n) is 6.10. The third kappa shape index (κ3) is 3.39. The number of anilines is 1. The molecule has 7 heteroatoms. The summed E-state index contributed by atoms with van der Waals surface area (Å²) in [5.41, 5.74) is 7.76. The average Bonchev–Trinajstić information content (AvgIpc) is 2.37. The summed E-state index contributed by atoms with van der Waals surface area (Å²) in [7, 11) is -3.09. The maximum atomic E-state index is 11.5. The van der Waals surface area contributed by atoms with E-state index >= 15 is 0 Å². The van der Waals surface area contributed by atoms with Crippen molar-refractivity contribution in [2.75, 3.05) is 37.3 Å². The second-order valence-corrected chi connectivity index (χ2v) is 7.05. The van der Waals surface area contributed by atoms with Gasteiger partial charge in [0.1, 0.15) is 0 Å². The Labute approximate surface area is 119 Å². The minimum atomic E-state index is -3.09. The molecule has 1 saturated heterocycles. The largest absolute Gasteiger partial charge is 0.369 e. The first-order valence-corrected chi connectivity index (χ1v) is 8.33. The van der Waals surface area contributed by atoms with Gasteiger partial charge in [-0.3, -0.25) is 0 Å². The van der Waals surface area contributed by atoms with Crippen molar-refractivity contribution in [2.45, 2.75) is 6.54 Å². The van der Waals surface area contributed by atoms with Gasteiger partial charge in [-0.05, 0) is 23.8 Å². The molecule has 0 bridgehead atoms. The third-order valence-electron chi connectivity index (χ3n) is 3.31. The van der Waals surface area contributed by atoms with Crippen LogP contribution in [0.25, 0.3) is 0 Å². The molecule has 106 valence electrons. The molecule has 0 unspecified atom stereocenters. The molecule has 5 nitrogen and oxygen atoms in total. The lowest BCUT2D eigenvalue weighted by molar-refractivity contribution is 0.388. The van der Waals surface area contributed by atoms with Crippen LogP contribution < -0.4 is 10.6 Å². The van der Waals surface area contributed by atoms with E-state index in [4.69, 9.17) is 17.3 Å². The normalized spacial score (nSPS) is 17.7. The Balaban J connectivity index is 2.14. The summed E-state index contributed by atoms with van der Waals surface area (Å²) in [4.78, 5) is 2.15. The van der Waals surface area contributed by atoms with Crippen LogP contribution in [0.4, 0.5) is 5.69 Å². The predicted octanol–water partition coefficient (Wildman–Crippen LogP) is 0.880. The highest BCUT2D eigenvalue weighted by Crippen LogP contribution is 2.25. The second-order valence-electron chi connectivity index (χ2n) is 4.63. The van der Waals surface area contributed by atoms with Gasteiger partial charge in [0.15, 0.2) is 0 Å². The van der Waals surface area contributed by atoms with Crippen LogP contribution in [0.5, 0.6) is 0 Å². The lowest BCUT2D eigenvalue weighted by Crippen LogP contribution is -2.48. The summed E-state index contributed by atoms with van der Waals surface area (Å²) < 4.78 is 24.4. The lowest BCUT2D eigenvalue weighted by Gasteiger charge is -2.35. The van der Waals surface area contributed by atoms with Crippen LogP contribution >= 0.6 is 11.6 Å². The molecule has 0 amide bonds. The molecule has 0 aromatic heterocycles. The van der Waals surface area contributed by atoms with E-state index in [1.807, 2.05) is 18.2 Å². The van der Waals surface area contributed by atoms with Crippen molar-refractivity contribution in [2.24, 2.45) is 5.73 Å². The summed E-state index contributed by atoms with van der Waals surface area (Å²) in [6, 6.07) is 5.64. The number of nitrogens with two attached hydrogens (primary N) is 1. The molecule has 1 fully saturated rings. The van der Waals surface area contributed by atoms with Gasteiger partial charge in [-0.1, -0.05) is 11.6 Å². The minimum Gasteiger partial charge on any atom is -0.369 e. The number of nitrogens with zero attached hydrogens (tertiary/aromatic N) is 2. The highest BCUT2D eigenvalue weighted by Gasteiger charge is 2.24. The highest BCUT2D eigenvalue weighted by molar-refractivity contribution is 7.88. The monoisotopic (exact) mass is 303 g/mol. The SMILES string of the molecule is CS(=O)(=O)N1CCN(c2ccc(Cl)cc2CN)CC1. The number of hydrogen-bond acceptors (Lipinski definition) is 4. The van der Waals surface area contributed by atoms with Crippen molar-refractivity contribution in [3.8, 4) is 0 Å². The molecule has 1 aliphatic heterocycles. The van der Waals surface area contributed by atoms with Crippen molar-refractivity contribution in [3.05, 3.63) is 28.8 Å². The number of benzene rings is 1. The molecule has 19 heavy (non-hydrogen) atoms. The molecule has 1 aliphatic rings. The Bertz CT molecular complexity index is 554. The summed E-state index contributed by atoms with van der Waals surface area (Å²) in [6.07, 6.45) is 1.25. The Morgan fingerprint density at radius 1 is 1.26 bits per heavy atom. The molecule has 1 aromatic carbocycles. The standard InChI is InChI=1S/C12H18ClN3O2S/c1-19(17,18)16-6-4-15(5-7-16)12-3-2-11(13)8-10(12)9-14/h2-3,8H,4-7,9,14H2,1H3. The summed E-state index contributed by atoms with van der Waals surface area (Å²) in [5, 5.41) is 0.666. The number of piperazine rings is 1. The Morgan fingerprint density at radius 2 is 1.89 bits per heavy atom. The zero-order chi connectivity index (χ0) is 14.0. The Morgan fingerprint density at radius 3 is 2.42 bits per heavy atom. The van der Waals surface area contributed by atoms with Crippen molar-refractivity contribution >= 4 is 27.3 Å². The van der Waals surface area contributed by atoms with Gasteiger partial charge in [-0.25, -0.2) is 8.42 Å². The molecule has 0 spiro atoms. The molecule has 0 saturated carbocycles. The maximum absolute atomic E-state index is 11.5. The maximum Gasteiger partial charge on any atom is 0.211 e. The summed E-state index contributed by atoms with van der Waals surface area (Å²) >= 11 is 5.96. The van der Waals surface area contributed by atoms with E-state index in [2.05, 4.69) is 4.90 Å².